The van der Waals surface area contributed by atoms with Gasteiger partial charge in [-0.1, -0.05) is 24.3 Å². The highest BCUT2D eigenvalue weighted by Crippen LogP contribution is 2.12. The molecule has 0 saturated carbocycles. The third kappa shape index (κ3) is 6.02. The van der Waals surface area contributed by atoms with Crippen LogP contribution in [0.2, 0.25) is 0 Å². The molecule has 1 rings (SSSR count). The fraction of sp³-hybridized carbons (Fsp3) is 0.538. The number of halogens is 3. The van der Waals surface area contributed by atoms with Crippen LogP contribution in [0.4, 0.5) is 13.2 Å². The standard InChI is InChI=1S/C13H19F3N2/c1-11-5-3-4-6-12(11)9-18(2)8-7-17-10-13(14,15)16/h3-6,17H,7-10H2,1-2H3. The normalized spacial score (nSPS) is 12.1. The van der Waals surface area contributed by atoms with E-state index in [4.69, 9.17) is 0 Å². The molecular formula is C13H19F3N2. The van der Waals surface area contributed by atoms with Crippen molar-refractivity contribution in [2.24, 2.45) is 0 Å². The second-order valence-corrected chi connectivity index (χ2v) is 4.46. The molecule has 1 aromatic rings. The lowest BCUT2D eigenvalue weighted by Crippen LogP contribution is -2.34. The molecule has 0 aromatic heterocycles. The van der Waals surface area contributed by atoms with E-state index in [0.29, 0.717) is 13.1 Å². The maximum atomic E-state index is 11.9. The maximum Gasteiger partial charge on any atom is 0.401 e. The summed E-state index contributed by atoms with van der Waals surface area (Å²) in [6.07, 6.45) is -4.13. The summed E-state index contributed by atoms with van der Waals surface area (Å²) in [5.41, 5.74) is 2.41. The van der Waals surface area contributed by atoms with Gasteiger partial charge in [0.2, 0.25) is 0 Å². The molecule has 0 fully saturated rings. The smallest absolute Gasteiger partial charge is 0.307 e. The molecule has 0 heterocycles. The van der Waals surface area contributed by atoms with E-state index in [9.17, 15) is 13.2 Å². The molecule has 0 spiro atoms. The first-order valence-corrected chi connectivity index (χ1v) is 5.89. The van der Waals surface area contributed by atoms with Gasteiger partial charge in [-0.15, -0.1) is 0 Å². The van der Waals surface area contributed by atoms with E-state index in [1.54, 1.807) is 0 Å². The number of rotatable bonds is 6. The first-order valence-electron chi connectivity index (χ1n) is 5.89. The Bertz CT molecular complexity index is 363. The Kier molecular flexibility index (Phi) is 5.62. The van der Waals surface area contributed by atoms with Crippen molar-refractivity contribution in [2.75, 3.05) is 26.7 Å². The SMILES string of the molecule is Cc1ccccc1CN(C)CCNCC(F)(F)F. The summed E-state index contributed by atoms with van der Waals surface area (Å²) in [6.45, 7) is 2.78. The minimum atomic E-state index is -4.13. The lowest BCUT2D eigenvalue weighted by molar-refractivity contribution is -0.124. The summed E-state index contributed by atoms with van der Waals surface area (Å²) in [4.78, 5) is 2.01. The third-order valence-corrected chi connectivity index (χ3v) is 2.70. The van der Waals surface area contributed by atoms with E-state index in [2.05, 4.69) is 5.32 Å². The minimum absolute atomic E-state index is 0.335. The molecule has 0 amide bonds. The number of hydrogen-bond donors (Lipinski definition) is 1. The highest BCUT2D eigenvalue weighted by Gasteiger charge is 2.25. The van der Waals surface area contributed by atoms with Gasteiger partial charge < -0.3 is 10.2 Å². The zero-order valence-electron chi connectivity index (χ0n) is 10.7. The van der Waals surface area contributed by atoms with Crippen LogP contribution in [0.5, 0.6) is 0 Å². The van der Waals surface area contributed by atoms with Gasteiger partial charge in [0.15, 0.2) is 0 Å². The number of likely N-dealkylation sites (N-methyl/N-ethyl adjacent to an activating group) is 1. The largest absolute Gasteiger partial charge is 0.401 e. The van der Waals surface area contributed by atoms with Gasteiger partial charge in [0.05, 0.1) is 6.54 Å². The number of alkyl halides is 3. The second kappa shape index (κ2) is 6.75. The van der Waals surface area contributed by atoms with Gasteiger partial charge in [-0.3, -0.25) is 0 Å². The molecule has 102 valence electrons. The van der Waals surface area contributed by atoms with Crippen LogP contribution in [0.1, 0.15) is 11.1 Å². The summed E-state index contributed by atoms with van der Waals surface area (Å²) >= 11 is 0. The molecule has 5 heteroatoms. The van der Waals surface area contributed by atoms with Crippen LogP contribution in [0.3, 0.4) is 0 Å². The minimum Gasteiger partial charge on any atom is -0.307 e. The predicted molar refractivity (Wildman–Crippen MR) is 66.4 cm³/mol. The lowest BCUT2D eigenvalue weighted by atomic mass is 10.1. The van der Waals surface area contributed by atoms with Crippen molar-refractivity contribution < 1.29 is 13.2 Å². The van der Waals surface area contributed by atoms with Gasteiger partial charge in [0.25, 0.3) is 0 Å². The van der Waals surface area contributed by atoms with Crippen molar-refractivity contribution in [3.05, 3.63) is 35.4 Å². The molecule has 0 bridgehead atoms. The van der Waals surface area contributed by atoms with Crippen LogP contribution >= 0.6 is 0 Å². The van der Waals surface area contributed by atoms with Gasteiger partial charge in [-0.2, -0.15) is 13.2 Å². The number of aryl methyl sites for hydroxylation is 1. The molecule has 0 saturated heterocycles. The van der Waals surface area contributed by atoms with Gasteiger partial charge in [-0.05, 0) is 25.1 Å². The predicted octanol–water partition coefficient (Wildman–Crippen LogP) is 2.58. The topological polar surface area (TPSA) is 15.3 Å². The van der Waals surface area contributed by atoms with Crippen LogP contribution in [0, 0.1) is 6.92 Å². The van der Waals surface area contributed by atoms with Crippen molar-refractivity contribution in [1.29, 1.82) is 0 Å². The lowest BCUT2D eigenvalue weighted by Gasteiger charge is -2.18. The van der Waals surface area contributed by atoms with Gasteiger partial charge >= 0.3 is 6.18 Å². The summed E-state index contributed by atoms with van der Waals surface area (Å²) in [5, 5.41) is 2.39. The van der Waals surface area contributed by atoms with E-state index in [1.807, 2.05) is 43.1 Å². The Morgan fingerprint density at radius 1 is 1.22 bits per heavy atom. The van der Waals surface area contributed by atoms with Crippen molar-refractivity contribution in [2.45, 2.75) is 19.6 Å². The summed E-state index contributed by atoms with van der Waals surface area (Å²) in [6, 6.07) is 8.02. The highest BCUT2D eigenvalue weighted by molar-refractivity contribution is 5.25. The van der Waals surface area contributed by atoms with Crippen molar-refractivity contribution in [1.82, 2.24) is 10.2 Å². The fourth-order valence-corrected chi connectivity index (χ4v) is 1.66. The zero-order valence-corrected chi connectivity index (χ0v) is 10.7. The number of nitrogens with one attached hydrogen (secondary N) is 1. The molecule has 0 aliphatic rings. The van der Waals surface area contributed by atoms with Crippen molar-refractivity contribution >= 4 is 0 Å². The fourth-order valence-electron chi connectivity index (χ4n) is 1.66. The quantitative estimate of drug-likeness (QED) is 0.791. The molecule has 0 aliphatic heterocycles. The monoisotopic (exact) mass is 260 g/mol. The molecule has 1 N–H and O–H groups in total. The van der Waals surface area contributed by atoms with Crippen LogP contribution < -0.4 is 5.32 Å². The van der Waals surface area contributed by atoms with Crippen LogP contribution in [0.15, 0.2) is 24.3 Å². The van der Waals surface area contributed by atoms with E-state index in [0.717, 1.165) is 6.54 Å². The number of benzene rings is 1. The molecular weight excluding hydrogens is 241 g/mol. The second-order valence-electron chi connectivity index (χ2n) is 4.46. The average Bonchev–Trinajstić information content (AvgIpc) is 2.26. The first kappa shape index (κ1) is 15.0. The number of nitrogens with zero attached hydrogens (tertiary/aromatic N) is 1. The van der Waals surface area contributed by atoms with Crippen LogP contribution in [-0.2, 0) is 6.54 Å². The molecule has 0 unspecified atom stereocenters. The molecule has 1 aromatic carbocycles. The molecule has 0 aliphatic carbocycles. The van der Waals surface area contributed by atoms with Crippen LogP contribution in [0.25, 0.3) is 0 Å². The molecule has 0 atom stereocenters. The highest BCUT2D eigenvalue weighted by atomic mass is 19.4. The van der Waals surface area contributed by atoms with Crippen molar-refractivity contribution in [3.8, 4) is 0 Å². The van der Waals surface area contributed by atoms with Crippen LogP contribution in [-0.4, -0.2) is 37.8 Å². The molecule has 18 heavy (non-hydrogen) atoms. The van der Waals surface area contributed by atoms with E-state index in [-0.39, 0.29) is 0 Å². The van der Waals surface area contributed by atoms with E-state index in [1.165, 1.54) is 11.1 Å². The molecule has 2 nitrogen and oxygen atoms in total. The maximum absolute atomic E-state index is 11.9. The van der Waals surface area contributed by atoms with Gasteiger partial charge in [0, 0.05) is 19.6 Å². The van der Waals surface area contributed by atoms with E-state index < -0.39 is 12.7 Å². The zero-order chi connectivity index (χ0) is 13.6. The van der Waals surface area contributed by atoms with E-state index >= 15 is 0 Å². The van der Waals surface area contributed by atoms with Gasteiger partial charge in [-0.25, -0.2) is 0 Å². The first-order chi connectivity index (χ1) is 8.38. The summed E-state index contributed by atoms with van der Waals surface area (Å²) in [5.74, 6) is 0. The van der Waals surface area contributed by atoms with Gasteiger partial charge in [0.1, 0.15) is 0 Å². The Hall–Kier alpha value is -1.07. The summed E-state index contributed by atoms with van der Waals surface area (Å²) < 4.78 is 35.7. The number of hydrogen-bond acceptors (Lipinski definition) is 2. The summed E-state index contributed by atoms with van der Waals surface area (Å²) in [7, 11) is 1.90. The Balaban J connectivity index is 2.26. The van der Waals surface area contributed by atoms with Crippen molar-refractivity contribution in [3.63, 3.8) is 0 Å². The Morgan fingerprint density at radius 3 is 2.50 bits per heavy atom. The third-order valence-electron chi connectivity index (χ3n) is 2.70. The molecule has 0 radical (unpaired) electrons. The average molecular weight is 260 g/mol. The Labute approximate surface area is 106 Å². The Morgan fingerprint density at radius 2 is 1.89 bits per heavy atom.